The Bertz CT molecular complexity index is 1390. The summed E-state index contributed by atoms with van der Waals surface area (Å²) in [6.07, 6.45) is 1.89. The Morgan fingerprint density at radius 3 is 2.76 bits per heavy atom. The fraction of sp³-hybridized carbons (Fsp3) is 0.440. The van der Waals surface area contributed by atoms with Gasteiger partial charge in [-0.05, 0) is 42.0 Å². The predicted octanol–water partition coefficient (Wildman–Crippen LogP) is 3.18. The Morgan fingerprint density at radius 1 is 1.32 bits per heavy atom. The van der Waals surface area contributed by atoms with Crippen molar-refractivity contribution in [1.82, 2.24) is 19.9 Å². The SMILES string of the molecule is [2H]C1[C@H](C)CN(c2ncc(Cl)c(Cc3ccc4c(c3)cc(OC([2H])([2H])C(=O)NC)c(=O)n4C)n2)C[C@@H]1C. The molecule has 0 radical (unpaired) electrons. The lowest BCUT2D eigenvalue weighted by Crippen LogP contribution is -2.39. The molecule has 1 unspecified atom stereocenters. The number of carbonyl (C=O) groups is 1. The Balaban J connectivity index is 1.65. The van der Waals surface area contributed by atoms with Crippen LogP contribution in [0.25, 0.3) is 10.9 Å². The van der Waals surface area contributed by atoms with Crippen LogP contribution in [0.15, 0.2) is 35.3 Å². The van der Waals surface area contributed by atoms with E-state index in [1.54, 1.807) is 19.3 Å². The summed E-state index contributed by atoms with van der Waals surface area (Å²) >= 11 is 6.45. The first-order valence-electron chi connectivity index (χ1n) is 12.7. The quantitative estimate of drug-likeness (QED) is 0.575. The molecule has 3 aromatic rings. The highest BCUT2D eigenvalue weighted by atomic mass is 35.5. The first-order chi connectivity index (χ1) is 17.4. The van der Waals surface area contributed by atoms with E-state index in [0.29, 0.717) is 47.1 Å². The smallest absolute Gasteiger partial charge is 0.293 e. The maximum absolute atomic E-state index is 12.7. The fourth-order valence-electron chi connectivity index (χ4n) is 4.32. The zero-order valence-corrected chi connectivity index (χ0v) is 20.4. The minimum absolute atomic E-state index is 0.114. The van der Waals surface area contributed by atoms with E-state index >= 15 is 0 Å². The number of aryl methyl sites for hydroxylation is 1. The van der Waals surface area contributed by atoms with Gasteiger partial charge >= 0.3 is 0 Å². The molecule has 1 amide bonds. The lowest BCUT2D eigenvalue weighted by molar-refractivity contribution is -0.122. The number of pyridine rings is 1. The number of ether oxygens (including phenoxy) is 1. The number of rotatable bonds is 6. The van der Waals surface area contributed by atoms with Gasteiger partial charge in [0, 0.05) is 40.4 Å². The minimum Gasteiger partial charge on any atom is -0.478 e. The van der Waals surface area contributed by atoms with Crippen LogP contribution < -0.4 is 20.5 Å². The Hall–Kier alpha value is -3.13. The molecule has 1 aliphatic heterocycles. The van der Waals surface area contributed by atoms with Gasteiger partial charge in [-0.25, -0.2) is 9.97 Å². The van der Waals surface area contributed by atoms with Crippen molar-refractivity contribution in [2.45, 2.75) is 26.7 Å². The molecule has 1 fully saturated rings. The third kappa shape index (κ3) is 5.17. The summed E-state index contributed by atoms with van der Waals surface area (Å²) in [5.41, 5.74) is 1.58. The second-order valence-electron chi connectivity index (χ2n) is 8.74. The molecule has 3 atom stereocenters. The summed E-state index contributed by atoms with van der Waals surface area (Å²) in [4.78, 5) is 35.8. The summed E-state index contributed by atoms with van der Waals surface area (Å²) in [7, 11) is 2.85. The van der Waals surface area contributed by atoms with Crippen molar-refractivity contribution in [3.63, 3.8) is 0 Å². The van der Waals surface area contributed by atoms with Gasteiger partial charge in [-0.2, -0.15) is 0 Å². The van der Waals surface area contributed by atoms with Crippen molar-refractivity contribution in [2.24, 2.45) is 18.9 Å². The number of nitrogens with one attached hydrogen (secondary N) is 1. The molecular formula is C25H30ClN5O3. The highest BCUT2D eigenvalue weighted by Gasteiger charge is 2.24. The van der Waals surface area contributed by atoms with Gasteiger partial charge in [-0.15, -0.1) is 0 Å². The number of fused-ring (bicyclic) bond motifs is 1. The molecule has 4 rings (SSSR count). The molecule has 2 aromatic heterocycles. The van der Waals surface area contributed by atoms with Crippen molar-refractivity contribution < 1.29 is 13.6 Å². The molecule has 1 aromatic carbocycles. The minimum atomic E-state index is -2.71. The molecule has 1 N–H and O–H groups in total. The van der Waals surface area contributed by atoms with Crippen molar-refractivity contribution in [1.29, 1.82) is 0 Å². The lowest BCUT2D eigenvalue weighted by atomic mass is 9.92. The molecule has 1 aliphatic rings. The van der Waals surface area contributed by atoms with E-state index in [1.807, 2.05) is 12.1 Å². The number of aromatic nitrogens is 3. The number of amides is 1. The Labute approximate surface area is 208 Å². The molecule has 0 spiro atoms. The second kappa shape index (κ2) is 10.0. The van der Waals surface area contributed by atoms with Gasteiger partial charge in [-0.3, -0.25) is 9.59 Å². The largest absolute Gasteiger partial charge is 0.478 e. The maximum Gasteiger partial charge on any atom is 0.293 e. The number of halogens is 1. The molecule has 3 heterocycles. The van der Waals surface area contributed by atoms with Crippen LogP contribution in [0.4, 0.5) is 5.95 Å². The van der Waals surface area contributed by atoms with Crippen LogP contribution in [0.1, 0.15) is 35.6 Å². The molecule has 34 heavy (non-hydrogen) atoms. The normalized spacial score (nSPS) is 22.1. The number of nitrogens with zero attached hydrogens (tertiary/aromatic N) is 4. The summed E-state index contributed by atoms with van der Waals surface area (Å²) in [5, 5.41) is 3.25. The highest BCUT2D eigenvalue weighted by molar-refractivity contribution is 6.31. The van der Waals surface area contributed by atoms with Crippen LogP contribution in [-0.4, -0.2) is 47.1 Å². The van der Waals surface area contributed by atoms with Gasteiger partial charge in [-0.1, -0.05) is 31.5 Å². The van der Waals surface area contributed by atoms with Gasteiger partial charge in [0.2, 0.25) is 5.95 Å². The van der Waals surface area contributed by atoms with E-state index in [-0.39, 0.29) is 24.0 Å². The van der Waals surface area contributed by atoms with Crippen molar-refractivity contribution in [2.75, 3.05) is 31.6 Å². The van der Waals surface area contributed by atoms with Gasteiger partial charge in [0.1, 0.15) is 0 Å². The number of likely N-dealkylation sites (N-methyl/N-ethyl adjacent to an activating group) is 1. The molecule has 9 heteroatoms. The van der Waals surface area contributed by atoms with Gasteiger partial charge in [0.25, 0.3) is 11.5 Å². The van der Waals surface area contributed by atoms with Crippen LogP contribution in [-0.2, 0) is 18.3 Å². The molecule has 180 valence electrons. The second-order valence-corrected chi connectivity index (χ2v) is 9.15. The van der Waals surface area contributed by atoms with Crippen LogP contribution in [0, 0.1) is 11.8 Å². The zero-order valence-electron chi connectivity index (χ0n) is 22.6. The number of piperidine rings is 1. The van der Waals surface area contributed by atoms with Crippen LogP contribution in [0.2, 0.25) is 5.02 Å². The van der Waals surface area contributed by atoms with Gasteiger partial charge in [0.15, 0.2) is 12.3 Å². The average Bonchev–Trinajstić information content (AvgIpc) is 2.85. The summed E-state index contributed by atoms with van der Waals surface area (Å²) < 4.78 is 30.5. The van der Waals surface area contributed by atoms with E-state index in [0.717, 1.165) is 5.56 Å². The summed E-state index contributed by atoms with van der Waals surface area (Å²) in [6, 6.07) is 6.95. The highest BCUT2D eigenvalue weighted by Crippen LogP contribution is 2.27. The summed E-state index contributed by atoms with van der Waals surface area (Å²) in [5.74, 6) is -0.285. The average molecular weight is 487 g/mol. The topological polar surface area (TPSA) is 89.4 Å². The number of anilines is 1. The lowest BCUT2D eigenvalue weighted by Gasteiger charge is -2.35. The zero-order chi connectivity index (χ0) is 27.1. The van der Waals surface area contributed by atoms with Crippen LogP contribution in [0.3, 0.4) is 0 Å². The Morgan fingerprint density at radius 2 is 2.06 bits per heavy atom. The van der Waals surface area contributed by atoms with E-state index in [9.17, 15) is 9.59 Å². The van der Waals surface area contributed by atoms with Gasteiger partial charge in [0.05, 0.1) is 25.2 Å². The molecule has 0 saturated carbocycles. The first-order valence-corrected chi connectivity index (χ1v) is 11.5. The van der Waals surface area contributed by atoms with Crippen molar-refractivity contribution >= 4 is 34.4 Å². The van der Waals surface area contributed by atoms with Crippen LogP contribution >= 0.6 is 11.6 Å². The van der Waals surface area contributed by atoms with Gasteiger partial charge < -0.3 is 19.5 Å². The van der Waals surface area contributed by atoms with E-state index in [4.69, 9.17) is 25.4 Å². The Kier molecular flexibility index (Phi) is 5.97. The monoisotopic (exact) mass is 486 g/mol. The standard InChI is InChI=1S/C25H30ClN5O3/c1-15-7-16(2)13-31(12-15)25-28-11-19(26)20(29-25)9-17-5-6-21-18(8-17)10-22(24(33)30(21)4)34-14-23(32)27-3/h5-6,8,10-11,15-16H,7,9,12-14H2,1-4H3,(H,27,32)/t15-,16+/i7D,14D2/t7?,15-,16+. The number of benzene rings is 1. The molecule has 0 aliphatic carbocycles. The molecule has 8 nitrogen and oxygen atoms in total. The third-order valence-electron chi connectivity index (χ3n) is 5.87. The maximum atomic E-state index is 12.7. The van der Waals surface area contributed by atoms with E-state index in [2.05, 4.69) is 29.0 Å². The number of carbonyl (C=O) groups excluding carboxylic acids is 1. The number of hydrogen-bond acceptors (Lipinski definition) is 6. The predicted molar refractivity (Wildman–Crippen MR) is 134 cm³/mol. The fourth-order valence-corrected chi connectivity index (χ4v) is 4.47. The molecule has 1 saturated heterocycles. The van der Waals surface area contributed by atoms with Crippen molar-refractivity contribution in [3.05, 3.63) is 57.1 Å². The van der Waals surface area contributed by atoms with E-state index in [1.165, 1.54) is 17.7 Å². The molecular weight excluding hydrogens is 454 g/mol. The van der Waals surface area contributed by atoms with Crippen LogP contribution in [0.5, 0.6) is 5.75 Å². The van der Waals surface area contributed by atoms with E-state index < -0.39 is 18.0 Å². The third-order valence-corrected chi connectivity index (χ3v) is 6.18. The first kappa shape index (κ1) is 20.3. The van der Waals surface area contributed by atoms with Crippen molar-refractivity contribution in [3.8, 4) is 5.75 Å². The summed E-state index contributed by atoms with van der Waals surface area (Å²) in [6.45, 7) is 2.84. The number of hydrogen-bond donors (Lipinski definition) is 1. The molecule has 0 bridgehead atoms.